The van der Waals surface area contributed by atoms with Gasteiger partial charge >= 0.3 is 0 Å². The summed E-state index contributed by atoms with van der Waals surface area (Å²) in [6, 6.07) is 0. The molecule has 62 valence electrons. The molecule has 0 fully saturated rings. The number of hydrogen-bond donors (Lipinski definition) is 1. The highest BCUT2D eigenvalue weighted by Crippen LogP contribution is 2.25. The first-order valence-electron chi connectivity index (χ1n) is 3.52. The van der Waals surface area contributed by atoms with E-state index in [9.17, 15) is 0 Å². The predicted molar refractivity (Wildman–Crippen MR) is 49.7 cm³/mol. The summed E-state index contributed by atoms with van der Waals surface area (Å²) in [7, 11) is 0. The zero-order chi connectivity index (χ0) is 8.27. The van der Waals surface area contributed by atoms with Crippen LogP contribution in [0.1, 0.15) is 24.0 Å². The van der Waals surface area contributed by atoms with Crippen LogP contribution in [-0.2, 0) is 13.0 Å². The Morgan fingerprint density at radius 2 is 2.36 bits per heavy atom. The monoisotopic (exact) mass is 235 g/mol. The first-order chi connectivity index (χ1) is 5.27. The number of aliphatic hydroxyl groups is 1. The lowest BCUT2D eigenvalue weighted by atomic mass is 10.3. The van der Waals surface area contributed by atoms with Gasteiger partial charge in [0.2, 0.25) is 0 Å². The zero-order valence-electron chi connectivity index (χ0n) is 6.30. The van der Waals surface area contributed by atoms with Crippen molar-refractivity contribution in [1.29, 1.82) is 0 Å². The van der Waals surface area contributed by atoms with Gasteiger partial charge in [-0.15, -0.1) is 11.3 Å². The van der Waals surface area contributed by atoms with Crippen molar-refractivity contribution < 1.29 is 5.11 Å². The topological polar surface area (TPSA) is 33.1 Å². The molecule has 0 atom stereocenters. The van der Waals surface area contributed by atoms with Crippen LogP contribution in [0.5, 0.6) is 0 Å². The molecule has 0 spiro atoms. The maximum Gasteiger partial charge on any atom is 0.0955 e. The van der Waals surface area contributed by atoms with Crippen LogP contribution in [0.3, 0.4) is 0 Å². The van der Waals surface area contributed by atoms with Crippen molar-refractivity contribution in [2.45, 2.75) is 26.4 Å². The Balaban J connectivity index is 2.77. The number of thiazole rings is 1. The fourth-order valence-corrected chi connectivity index (χ4v) is 2.47. The second-order valence-electron chi connectivity index (χ2n) is 2.24. The third-order valence-electron chi connectivity index (χ3n) is 1.31. The van der Waals surface area contributed by atoms with Crippen molar-refractivity contribution in [1.82, 2.24) is 4.98 Å². The molecule has 1 aromatic heterocycles. The maximum atomic E-state index is 8.81. The quantitative estimate of drug-likeness (QED) is 0.873. The van der Waals surface area contributed by atoms with E-state index in [4.69, 9.17) is 5.11 Å². The van der Waals surface area contributed by atoms with E-state index in [0.717, 1.165) is 27.3 Å². The molecule has 2 nitrogen and oxygen atoms in total. The average molecular weight is 236 g/mol. The third kappa shape index (κ3) is 2.25. The fourth-order valence-electron chi connectivity index (χ4n) is 0.798. The lowest BCUT2D eigenvalue weighted by Crippen LogP contribution is -1.85. The van der Waals surface area contributed by atoms with Crippen LogP contribution < -0.4 is 0 Å². The van der Waals surface area contributed by atoms with Gasteiger partial charge in [0.25, 0.3) is 0 Å². The van der Waals surface area contributed by atoms with E-state index < -0.39 is 0 Å². The van der Waals surface area contributed by atoms with E-state index in [1.54, 1.807) is 11.3 Å². The van der Waals surface area contributed by atoms with Gasteiger partial charge in [-0.05, 0) is 28.8 Å². The number of aliphatic hydroxyl groups excluding tert-OH is 1. The lowest BCUT2D eigenvalue weighted by molar-refractivity contribution is 0.276. The van der Waals surface area contributed by atoms with Crippen molar-refractivity contribution >= 4 is 27.3 Å². The minimum atomic E-state index is 0.0286. The SMILES string of the molecule is CCCc1nc(CO)c(Br)s1. The summed E-state index contributed by atoms with van der Waals surface area (Å²) >= 11 is 4.95. The molecule has 1 N–H and O–H groups in total. The van der Waals surface area contributed by atoms with Crippen molar-refractivity contribution in [2.75, 3.05) is 0 Å². The molecular weight excluding hydrogens is 226 g/mol. The molecule has 0 saturated heterocycles. The van der Waals surface area contributed by atoms with Crippen LogP contribution in [0.2, 0.25) is 0 Å². The fraction of sp³-hybridized carbons (Fsp3) is 0.571. The number of halogens is 1. The summed E-state index contributed by atoms with van der Waals surface area (Å²) in [4.78, 5) is 4.24. The molecule has 0 radical (unpaired) electrons. The molecule has 0 unspecified atom stereocenters. The number of aromatic nitrogens is 1. The van der Waals surface area contributed by atoms with Crippen molar-refractivity contribution in [3.05, 3.63) is 14.5 Å². The average Bonchev–Trinajstić information content (AvgIpc) is 2.32. The molecule has 1 rings (SSSR count). The molecule has 0 amide bonds. The molecule has 0 bridgehead atoms. The second-order valence-corrected chi connectivity index (χ2v) is 4.64. The minimum absolute atomic E-state index is 0.0286. The van der Waals surface area contributed by atoms with Gasteiger partial charge in [0.15, 0.2) is 0 Å². The summed E-state index contributed by atoms with van der Waals surface area (Å²) in [5.74, 6) is 0. The van der Waals surface area contributed by atoms with Gasteiger partial charge in [0, 0.05) is 0 Å². The number of hydrogen-bond acceptors (Lipinski definition) is 3. The predicted octanol–water partition coefficient (Wildman–Crippen LogP) is 2.35. The van der Waals surface area contributed by atoms with Crippen LogP contribution in [-0.4, -0.2) is 10.1 Å². The molecule has 0 saturated carbocycles. The highest BCUT2D eigenvalue weighted by atomic mass is 79.9. The molecule has 1 aromatic rings. The zero-order valence-corrected chi connectivity index (χ0v) is 8.70. The molecule has 0 aromatic carbocycles. The Morgan fingerprint density at radius 3 is 2.82 bits per heavy atom. The first-order valence-corrected chi connectivity index (χ1v) is 5.13. The van der Waals surface area contributed by atoms with Gasteiger partial charge in [0.1, 0.15) is 0 Å². The Hall–Kier alpha value is 0.0700. The normalized spacial score (nSPS) is 10.5. The van der Waals surface area contributed by atoms with Crippen LogP contribution in [0.15, 0.2) is 3.79 Å². The Kier molecular flexibility index (Phi) is 3.48. The molecule has 0 aliphatic carbocycles. The first kappa shape index (κ1) is 9.16. The molecular formula is C7H10BrNOS. The Bertz CT molecular complexity index is 236. The Morgan fingerprint density at radius 1 is 1.64 bits per heavy atom. The van der Waals surface area contributed by atoms with Crippen molar-refractivity contribution in [3.8, 4) is 0 Å². The van der Waals surface area contributed by atoms with E-state index in [1.165, 1.54) is 0 Å². The smallest absolute Gasteiger partial charge is 0.0955 e. The molecule has 0 aliphatic rings. The van der Waals surface area contributed by atoms with Crippen LogP contribution in [0, 0.1) is 0 Å². The van der Waals surface area contributed by atoms with E-state index >= 15 is 0 Å². The summed E-state index contributed by atoms with van der Waals surface area (Å²) in [6.45, 7) is 2.15. The summed E-state index contributed by atoms with van der Waals surface area (Å²) in [5, 5.41) is 9.91. The molecule has 4 heteroatoms. The number of aryl methyl sites for hydroxylation is 1. The van der Waals surface area contributed by atoms with Gasteiger partial charge in [-0.2, -0.15) is 0 Å². The molecule has 0 aliphatic heterocycles. The van der Waals surface area contributed by atoms with Crippen molar-refractivity contribution in [3.63, 3.8) is 0 Å². The van der Waals surface area contributed by atoms with E-state index in [0.29, 0.717) is 0 Å². The summed E-state index contributed by atoms with van der Waals surface area (Å²) in [6.07, 6.45) is 2.11. The molecule has 11 heavy (non-hydrogen) atoms. The van der Waals surface area contributed by atoms with Gasteiger partial charge < -0.3 is 5.11 Å². The van der Waals surface area contributed by atoms with E-state index in [-0.39, 0.29) is 6.61 Å². The van der Waals surface area contributed by atoms with Gasteiger partial charge in [-0.25, -0.2) is 4.98 Å². The number of nitrogens with zero attached hydrogens (tertiary/aromatic N) is 1. The highest BCUT2D eigenvalue weighted by Gasteiger charge is 2.05. The second kappa shape index (κ2) is 4.18. The van der Waals surface area contributed by atoms with Crippen LogP contribution in [0.4, 0.5) is 0 Å². The van der Waals surface area contributed by atoms with E-state index in [1.807, 2.05) is 0 Å². The summed E-state index contributed by atoms with van der Waals surface area (Å²) < 4.78 is 0.962. The van der Waals surface area contributed by atoms with Gasteiger partial charge in [-0.3, -0.25) is 0 Å². The Labute approximate surface area is 78.4 Å². The van der Waals surface area contributed by atoms with Crippen molar-refractivity contribution in [2.24, 2.45) is 0 Å². The van der Waals surface area contributed by atoms with E-state index in [2.05, 4.69) is 27.8 Å². The van der Waals surface area contributed by atoms with Gasteiger partial charge in [-0.1, -0.05) is 6.92 Å². The van der Waals surface area contributed by atoms with Crippen LogP contribution in [0.25, 0.3) is 0 Å². The highest BCUT2D eigenvalue weighted by molar-refractivity contribution is 9.11. The van der Waals surface area contributed by atoms with Gasteiger partial charge in [0.05, 0.1) is 21.1 Å². The standard InChI is InChI=1S/C7H10BrNOS/c1-2-3-6-9-5(4-10)7(8)11-6/h10H,2-4H2,1H3. The maximum absolute atomic E-state index is 8.81. The third-order valence-corrected chi connectivity index (χ3v) is 3.20. The molecule has 1 heterocycles. The lowest BCUT2D eigenvalue weighted by Gasteiger charge is -1.87. The summed E-state index contributed by atoms with van der Waals surface area (Å²) in [5.41, 5.74) is 0.762. The van der Waals surface area contributed by atoms with Crippen LogP contribution >= 0.6 is 27.3 Å². The largest absolute Gasteiger partial charge is 0.390 e. The minimum Gasteiger partial charge on any atom is -0.390 e. The number of rotatable bonds is 3.